The number of fused-ring (bicyclic) bond motifs is 9. The molecule has 7 unspecified atom stereocenters. The van der Waals surface area contributed by atoms with E-state index in [1.54, 1.807) is 0 Å². The average molecular weight is 262 g/mol. The van der Waals surface area contributed by atoms with E-state index in [4.69, 9.17) is 9.47 Å². The first-order valence-electron chi connectivity index (χ1n) is 7.51. The molecule has 19 heavy (non-hydrogen) atoms. The van der Waals surface area contributed by atoms with E-state index in [1.807, 2.05) is 20.8 Å². The maximum absolute atomic E-state index is 12.3. The molecule has 2 saturated heterocycles. The molecule has 2 aliphatic carbocycles. The van der Waals surface area contributed by atoms with E-state index in [0.29, 0.717) is 29.8 Å². The fourth-order valence-corrected chi connectivity index (χ4v) is 4.84. The summed E-state index contributed by atoms with van der Waals surface area (Å²) < 4.78 is 11.7. The van der Waals surface area contributed by atoms with E-state index in [9.17, 15) is 4.79 Å². The van der Waals surface area contributed by atoms with Crippen LogP contribution < -0.4 is 0 Å². The molecule has 0 amide bonds. The molecule has 2 heterocycles. The number of carbonyl (C=O) groups excluding carboxylic acids is 1. The predicted molar refractivity (Wildman–Crippen MR) is 70.3 cm³/mol. The Morgan fingerprint density at radius 1 is 1.16 bits per heavy atom. The van der Waals surface area contributed by atoms with E-state index in [2.05, 4.69) is 12.2 Å². The number of carbonyl (C=O) groups is 1. The van der Waals surface area contributed by atoms with E-state index in [-0.39, 0.29) is 18.0 Å². The van der Waals surface area contributed by atoms with E-state index >= 15 is 0 Å². The summed E-state index contributed by atoms with van der Waals surface area (Å²) in [7, 11) is 0. The zero-order valence-electron chi connectivity index (χ0n) is 11.8. The fraction of sp³-hybridized carbons (Fsp3) is 0.812. The molecular formula is C16H22O3. The molecule has 3 heteroatoms. The zero-order valence-corrected chi connectivity index (χ0v) is 11.8. The highest BCUT2D eigenvalue weighted by Crippen LogP contribution is 2.61. The van der Waals surface area contributed by atoms with Crippen LogP contribution in [0, 0.1) is 29.6 Å². The van der Waals surface area contributed by atoms with Crippen molar-refractivity contribution in [1.82, 2.24) is 0 Å². The molecule has 7 atom stereocenters. The number of rotatable bonds is 1. The van der Waals surface area contributed by atoms with Gasteiger partial charge in [-0.3, -0.25) is 4.79 Å². The summed E-state index contributed by atoms with van der Waals surface area (Å²) in [4.78, 5) is 12.3. The molecule has 3 fully saturated rings. The number of allylic oxidation sites excluding steroid dienone is 2. The summed E-state index contributed by atoms with van der Waals surface area (Å²) in [5, 5.41) is 0. The van der Waals surface area contributed by atoms with Gasteiger partial charge in [-0.2, -0.15) is 0 Å². The third-order valence-corrected chi connectivity index (χ3v) is 5.32. The summed E-state index contributed by atoms with van der Waals surface area (Å²) in [6.07, 6.45) is 7.29. The Hall–Kier alpha value is -0.830. The molecule has 0 spiro atoms. The maximum atomic E-state index is 12.3. The lowest BCUT2D eigenvalue weighted by Crippen LogP contribution is -2.41. The zero-order chi connectivity index (χ0) is 13.4. The van der Waals surface area contributed by atoms with Gasteiger partial charge in [-0.15, -0.1) is 0 Å². The van der Waals surface area contributed by atoms with Crippen LogP contribution >= 0.6 is 0 Å². The summed E-state index contributed by atoms with van der Waals surface area (Å²) in [5.74, 6) is 2.54. The van der Waals surface area contributed by atoms with Gasteiger partial charge in [-0.05, 0) is 57.3 Å². The second-order valence-electron chi connectivity index (χ2n) is 7.62. The summed E-state index contributed by atoms with van der Waals surface area (Å²) >= 11 is 0. The minimum Gasteiger partial charge on any atom is -0.460 e. The quantitative estimate of drug-likeness (QED) is 0.538. The maximum Gasteiger partial charge on any atom is 0.312 e. The summed E-state index contributed by atoms with van der Waals surface area (Å²) in [6, 6.07) is 0. The molecule has 104 valence electrons. The second-order valence-corrected chi connectivity index (χ2v) is 7.62. The minimum absolute atomic E-state index is 0.0294. The van der Waals surface area contributed by atoms with Crippen molar-refractivity contribution in [2.75, 3.05) is 0 Å². The highest BCUT2D eigenvalue weighted by Gasteiger charge is 2.64. The van der Waals surface area contributed by atoms with Crippen molar-refractivity contribution in [3.8, 4) is 0 Å². The van der Waals surface area contributed by atoms with Gasteiger partial charge >= 0.3 is 5.97 Å². The molecule has 1 saturated carbocycles. The van der Waals surface area contributed by atoms with Crippen LogP contribution in [0.5, 0.6) is 0 Å². The number of esters is 1. The highest BCUT2D eigenvalue weighted by molar-refractivity contribution is 5.74. The van der Waals surface area contributed by atoms with Crippen LogP contribution in [0.3, 0.4) is 0 Å². The Labute approximate surface area is 114 Å². The van der Waals surface area contributed by atoms with Crippen LogP contribution in [0.4, 0.5) is 0 Å². The van der Waals surface area contributed by atoms with Gasteiger partial charge in [0.25, 0.3) is 0 Å². The van der Waals surface area contributed by atoms with Gasteiger partial charge in [0.15, 0.2) is 0 Å². The molecule has 2 aliphatic heterocycles. The van der Waals surface area contributed by atoms with Crippen LogP contribution in [0.15, 0.2) is 12.2 Å². The van der Waals surface area contributed by atoms with Crippen molar-refractivity contribution >= 4 is 5.97 Å². The van der Waals surface area contributed by atoms with Gasteiger partial charge in [0.1, 0.15) is 5.60 Å². The molecule has 0 N–H and O–H groups in total. The van der Waals surface area contributed by atoms with Crippen molar-refractivity contribution in [2.45, 2.75) is 51.4 Å². The average Bonchev–Trinajstić information content (AvgIpc) is 3.04. The Balaban J connectivity index is 1.54. The van der Waals surface area contributed by atoms with Gasteiger partial charge in [-0.25, -0.2) is 0 Å². The molecule has 4 aliphatic rings. The number of ether oxygens (including phenoxy) is 2. The minimum atomic E-state index is -0.396. The SMILES string of the molecule is CC(C)(C)OC(=O)C1CC2OC1C1C3C=CC(C3)C21. The molecule has 0 radical (unpaired) electrons. The van der Waals surface area contributed by atoms with Crippen LogP contribution in [-0.2, 0) is 14.3 Å². The van der Waals surface area contributed by atoms with Crippen molar-refractivity contribution in [2.24, 2.45) is 29.6 Å². The lowest BCUT2D eigenvalue weighted by Gasteiger charge is -2.33. The van der Waals surface area contributed by atoms with Crippen molar-refractivity contribution in [3.63, 3.8) is 0 Å². The van der Waals surface area contributed by atoms with Gasteiger partial charge in [-0.1, -0.05) is 12.2 Å². The van der Waals surface area contributed by atoms with Crippen molar-refractivity contribution < 1.29 is 14.3 Å². The van der Waals surface area contributed by atoms with E-state index in [0.717, 1.165) is 6.42 Å². The Morgan fingerprint density at radius 2 is 1.84 bits per heavy atom. The van der Waals surface area contributed by atoms with Gasteiger partial charge in [0.2, 0.25) is 0 Å². The summed E-state index contributed by atoms with van der Waals surface area (Å²) in [5.41, 5.74) is -0.396. The van der Waals surface area contributed by atoms with Gasteiger partial charge in [0.05, 0.1) is 18.1 Å². The van der Waals surface area contributed by atoms with E-state index < -0.39 is 5.60 Å². The molecule has 0 aromatic heterocycles. The van der Waals surface area contributed by atoms with Crippen LogP contribution in [0.25, 0.3) is 0 Å². The molecule has 4 rings (SSSR count). The number of hydrogen-bond donors (Lipinski definition) is 0. The predicted octanol–water partition coefficient (Wildman–Crippen LogP) is 2.55. The normalized spacial score (nSPS) is 49.7. The van der Waals surface area contributed by atoms with Crippen molar-refractivity contribution in [3.05, 3.63) is 12.2 Å². The third kappa shape index (κ3) is 1.63. The van der Waals surface area contributed by atoms with Crippen LogP contribution in [0.2, 0.25) is 0 Å². The van der Waals surface area contributed by atoms with Gasteiger partial charge < -0.3 is 9.47 Å². The summed E-state index contributed by atoms with van der Waals surface area (Å²) in [6.45, 7) is 5.80. The molecular weight excluding hydrogens is 240 g/mol. The monoisotopic (exact) mass is 262 g/mol. The second kappa shape index (κ2) is 3.63. The Morgan fingerprint density at radius 3 is 2.53 bits per heavy atom. The largest absolute Gasteiger partial charge is 0.460 e. The first-order valence-corrected chi connectivity index (χ1v) is 7.51. The topological polar surface area (TPSA) is 35.5 Å². The first-order chi connectivity index (χ1) is 8.94. The van der Waals surface area contributed by atoms with E-state index in [1.165, 1.54) is 6.42 Å². The molecule has 4 bridgehead atoms. The van der Waals surface area contributed by atoms with Gasteiger partial charge in [0, 0.05) is 0 Å². The molecule has 0 aromatic carbocycles. The van der Waals surface area contributed by atoms with Crippen molar-refractivity contribution in [1.29, 1.82) is 0 Å². The lowest BCUT2D eigenvalue weighted by molar-refractivity contribution is -0.162. The molecule has 3 nitrogen and oxygen atoms in total. The van der Waals surface area contributed by atoms with Crippen LogP contribution in [0.1, 0.15) is 33.6 Å². The standard InChI is InChI=1S/C16H22O3/c1-16(2,3)19-15(17)10-7-11-12-8-4-5-9(6-8)13(12)14(10)18-11/h4-5,8-14H,6-7H2,1-3H3. The lowest BCUT2D eigenvalue weighted by atomic mass is 9.69. The smallest absolute Gasteiger partial charge is 0.312 e. The highest BCUT2D eigenvalue weighted by atomic mass is 16.6. The first kappa shape index (κ1) is 12.0. The number of hydrogen-bond acceptors (Lipinski definition) is 3. The Bertz CT molecular complexity index is 447. The fourth-order valence-electron chi connectivity index (χ4n) is 4.84. The Kier molecular flexibility index (Phi) is 2.28. The van der Waals surface area contributed by atoms with Crippen LogP contribution in [-0.4, -0.2) is 23.8 Å². The third-order valence-electron chi connectivity index (χ3n) is 5.32. The molecule has 0 aromatic rings.